The Hall–Kier alpha value is -3.41. The van der Waals surface area contributed by atoms with Crippen LogP contribution in [0.1, 0.15) is 28.4 Å². The van der Waals surface area contributed by atoms with Crippen LogP contribution in [0.2, 0.25) is 0 Å². The van der Waals surface area contributed by atoms with Gasteiger partial charge in [-0.15, -0.1) is 0 Å². The molecule has 1 heterocycles. The maximum Gasteiger partial charge on any atom is 0.310 e. The quantitative estimate of drug-likeness (QED) is 0.475. The molecular formula is C21H20N2O4. The van der Waals surface area contributed by atoms with Gasteiger partial charge in [-0.1, -0.05) is 18.2 Å². The lowest BCUT2D eigenvalue weighted by Gasteiger charge is -2.10. The maximum absolute atomic E-state index is 12.2. The van der Waals surface area contributed by atoms with Gasteiger partial charge in [0.25, 0.3) is 0 Å². The zero-order valence-corrected chi connectivity index (χ0v) is 15.2. The number of aromatic nitrogens is 2. The highest BCUT2D eigenvalue weighted by atomic mass is 16.5. The third kappa shape index (κ3) is 4.61. The van der Waals surface area contributed by atoms with Crippen molar-refractivity contribution in [2.24, 2.45) is 0 Å². The Morgan fingerprint density at radius 3 is 2.59 bits per heavy atom. The number of Topliss-reactive ketones (excluding diaryl/α,β-unsaturated/α-hetero) is 1. The van der Waals surface area contributed by atoms with Crippen LogP contribution >= 0.6 is 0 Å². The Morgan fingerprint density at radius 1 is 1.11 bits per heavy atom. The first-order chi connectivity index (χ1) is 13.1. The lowest BCUT2D eigenvalue weighted by molar-refractivity contribution is -0.144. The van der Waals surface area contributed by atoms with Crippen LogP contribution in [0.4, 0.5) is 0 Å². The minimum absolute atomic E-state index is 0.0376. The van der Waals surface area contributed by atoms with Crippen LogP contribution in [0.5, 0.6) is 5.75 Å². The van der Waals surface area contributed by atoms with Crippen LogP contribution in [0.15, 0.2) is 60.9 Å². The van der Waals surface area contributed by atoms with E-state index in [-0.39, 0.29) is 24.8 Å². The summed E-state index contributed by atoms with van der Waals surface area (Å²) >= 11 is 0. The minimum Gasteiger partial charge on any atom is -0.496 e. The molecular weight excluding hydrogens is 344 g/mol. The number of ketones is 1. The van der Waals surface area contributed by atoms with Crippen molar-refractivity contribution >= 4 is 11.8 Å². The summed E-state index contributed by atoms with van der Waals surface area (Å²) in [5.41, 5.74) is 2.88. The van der Waals surface area contributed by atoms with E-state index in [1.165, 1.54) is 14.0 Å². The SMILES string of the molecule is COc1ccc(C(C)=O)cc1COC(=O)Cc1cnn(-c2ccccc2)c1. The molecule has 27 heavy (non-hydrogen) atoms. The summed E-state index contributed by atoms with van der Waals surface area (Å²) in [5, 5.41) is 4.27. The first kappa shape index (κ1) is 18.4. The van der Waals surface area contributed by atoms with Gasteiger partial charge in [0.05, 0.1) is 25.4 Å². The molecule has 0 amide bonds. The van der Waals surface area contributed by atoms with Crippen molar-refractivity contribution in [3.63, 3.8) is 0 Å². The summed E-state index contributed by atoms with van der Waals surface area (Å²) in [6.07, 6.45) is 3.56. The number of esters is 1. The summed E-state index contributed by atoms with van der Waals surface area (Å²) in [7, 11) is 1.53. The van der Waals surface area contributed by atoms with E-state index in [1.54, 1.807) is 35.3 Å². The minimum atomic E-state index is -0.377. The number of carbonyl (C=O) groups excluding carboxylic acids is 2. The Bertz CT molecular complexity index is 948. The van der Waals surface area contributed by atoms with E-state index < -0.39 is 0 Å². The highest BCUT2D eigenvalue weighted by Crippen LogP contribution is 2.21. The summed E-state index contributed by atoms with van der Waals surface area (Å²) in [6, 6.07) is 14.7. The highest BCUT2D eigenvalue weighted by molar-refractivity contribution is 5.94. The molecule has 1 aromatic heterocycles. The molecule has 6 heteroatoms. The summed E-state index contributed by atoms with van der Waals surface area (Å²) in [4.78, 5) is 23.7. The first-order valence-corrected chi connectivity index (χ1v) is 8.49. The molecule has 138 valence electrons. The topological polar surface area (TPSA) is 70.4 Å². The fourth-order valence-corrected chi connectivity index (χ4v) is 2.66. The van der Waals surface area contributed by atoms with Crippen molar-refractivity contribution in [2.45, 2.75) is 20.0 Å². The van der Waals surface area contributed by atoms with Crippen LogP contribution in [-0.4, -0.2) is 28.6 Å². The van der Waals surface area contributed by atoms with Crippen molar-refractivity contribution in [2.75, 3.05) is 7.11 Å². The average molecular weight is 364 g/mol. The summed E-state index contributed by atoms with van der Waals surface area (Å²) < 4.78 is 12.3. The van der Waals surface area contributed by atoms with Crippen molar-refractivity contribution in [3.05, 3.63) is 77.6 Å². The van der Waals surface area contributed by atoms with Crippen molar-refractivity contribution in [1.82, 2.24) is 9.78 Å². The number of nitrogens with zero attached hydrogens (tertiary/aromatic N) is 2. The van der Waals surface area contributed by atoms with E-state index in [4.69, 9.17) is 9.47 Å². The number of benzene rings is 2. The van der Waals surface area contributed by atoms with Crippen LogP contribution in [0.3, 0.4) is 0 Å². The average Bonchev–Trinajstić information content (AvgIpc) is 3.15. The van der Waals surface area contributed by atoms with Gasteiger partial charge in [-0.2, -0.15) is 5.10 Å². The maximum atomic E-state index is 12.2. The monoisotopic (exact) mass is 364 g/mol. The molecule has 3 rings (SSSR count). The predicted octanol–water partition coefficient (Wildman–Crippen LogP) is 3.37. The van der Waals surface area contributed by atoms with E-state index in [0.29, 0.717) is 16.9 Å². The van der Waals surface area contributed by atoms with Crippen LogP contribution < -0.4 is 4.74 Å². The summed E-state index contributed by atoms with van der Waals surface area (Å²) in [5.74, 6) is 0.140. The lowest BCUT2D eigenvalue weighted by Crippen LogP contribution is -2.09. The van der Waals surface area contributed by atoms with Gasteiger partial charge in [-0.05, 0) is 37.3 Å². The van der Waals surface area contributed by atoms with Gasteiger partial charge in [0.2, 0.25) is 0 Å². The molecule has 0 radical (unpaired) electrons. The van der Waals surface area contributed by atoms with Gasteiger partial charge in [-0.25, -0.2) is 4.68 Å². The largest absolute Gasteiger partial charge is 0.496 e. The van der Waals surface area contributed by atoms with Gasteiger partial charge in [0.1, 0.15) is 12.4 Å². The molecule has 3 aromatic rings. The standard InChI is InChI=1S/C21H20N2O4/c1-15(24)17-8-9-20(26-2)18(11-17)14-27-21(25)10-16-12-22-23(13-16)19-6-4-3-5-7-19/h3-9,11-13H,10,14H2,1-2H3. The number of para-hydroxylation sites is 1. The molecule has 6 nitrogen and oxygen atoms in total. The fraction of sp³-hybridized carbons (Fsp3) is 0.190. The molecule has 0 atom stereocenters. The highest BCUT2D eigenvalue weighted by Gasteiger charge is 2.12. The smallest absolute Gasteiger partial charge is 0.310 e. The molecule has 0 N–H and O–H groups in total. The third-order valence-corrected chi connectivity index (χ3v) is 4.08. The number of hydrogen-bond donors (Lipinski definition) is 0. The molecule has 0 spiro atoms. The first-order valence-electron chi connectivity index (χ1n) is 8.49. The Morgan fingerprint density at radius 2 is 1.89 bits per heavy atom. The zero-order valence-electron chi connectivity index (χ0n) is 15.2. The molecule has 0 aliphatic heterocycles. The van der Waals surface area contributed by atoms with E-state index in [9.17, 15) is 9.59 Å². The molecule has 0 saturated carbocycles. The second-order valence-corrected chi connectivity index (χ2v) is 6.05. The second-order valence-electron chi connectivity index (χ2n) is 6.05. The van der Waals surface area contributed by atoms with Crippen LogP contribution in [0, 0.1) is 0 Å². The summed E-state index contributed by atoms with van der Waals surface area (Å²) in [6.45, 7) is 1.53. The Kier molecular flexibility index (Phi) is 5.66. The van der Waals surface area contributed by atoms with E-state index in [0.717, 1.165) is 11.3 Å². The van der Waals surface area contributed by atoms with Gasteiger partial charge >= 0.3 is 5.97 Å². The van der Waals surface area contributed by atoms with Crippen LogP contribution in [0.25, 0.3) is 5.69 Å². The lowest BCUT2D eigenvalue weighted by atomic mass is 10.1. The predicted molar refractivity (Wildman–Crippen MR) is 100 cm³/mol. The number of rotatable bonds is 7. The molecule has 0 fully saturated rings. The van der Waals surface area contributed by atoms with Crippen molar-refractivity contribution in [1.29, 1.82) is 0 Å². The number of ether oxygens (including phenoxy) is 2. The van der Waals surface area contributed by atoms with Gasteiger partial charge in [0.15, 0.2) is 5.78 Å². The number of methoxy groups -OCH3 is 1. The normalized spacial score (nSPS) is 10.4. The molecule has 0 aliphatic rings. The molecule has 0 aliphatic carbocycles. The van der Waals surface area contributed by atoms with E-state index in [1.807, 2.05) is 30.3 Å². The molecule has 0 unspecified atom stereocenters. The van der Waals surface area contributed by atoms with Gasteiger partial charge in [-0.3, -0.25) is 9.59 Å². The number of hydrogen-bond acceptors (Lipinski definition) is 5. The Balaban J connectivity index is 1.63. The van der Waals surface area contributed by atoms with E-state index in [2.05, 4.69) is 5.10 Å². The zero-order chi connectivity index (χ0) is 19.2. The molecule has 0 saturated heterocycles. The number of carbonyl (C=O) groups is 2. The molecule has 0 bridgehead atoms. The van der Waals surface area contributed by atoms with Crippen molar-refractivity contribution < 1.29 is 19.1 Å². The third-order valence-electron chi connectivity index (χ3n) is 4.08. The van der Waals surface area contributed by atoms with Crippen molar-refractivity contribution in [3.8, 4) is 11.4 Å². The fourth-order valence-electron chi connectivity index (χ4n) is 2.66. The Labute approximate surface area is 157 Å². The second kappa shape index (κ2) is 8.31. The van der Waals surface area contributed by atoms with E-state index >= 15 is 0 Å². The van der Waals surface area contributed by atoms with Gasteiger partial charge < -0.3 is 9.47 Å². The van der Waals surface area contributed by atoms with Crippen LogP contribution in [-0.2, 0) is 22.6 Å². The van der Waals surface area contributed by atoms with Gasteiger partial charge in [0, 0.05) is 22.9 Å². The molecule has 2 aromatic carbocycles.